The average molecular weight is 297 g/mol. The Balaban J connectivity index is 2.07. The van der Waals surface area contributed by atoms with Gasteiger partial charge in [-0.2, -0.15) is 0 Å². The van der Waals surface area contributed by atoms with Crippen molar-refractivity contribution in [1.82, 2.24) is 10.3 Å². The van der Waals surface area contributed by atoms with E-state index in [0.29, 0.717) is 10.5 Å². The molecule has 0 bridgehead atoms. The Bertz CT molecular complexity index is 465. The third-order valence-electron chi connectivity index (χ3n) is 3.97. The lowest BCUT2D eigenvalue weighted by Crippen LogP contribution is -2.58. The zero-order chi connectivity index (χ0) is 14.8. The minimum absolute atomic E-state index is 0.246. The molecule has 1 aromatic heterocycles. The summed E-state index contributed by atoms with van der Waals surface area (Å²) < 4.78 is 5.62. The van der Waals surface area contributed by atoms with E-state index in [1.54, 1.807) is 11.8 Å². The van der Waals surface area contributed by atoms with Gasteiger partial charge in [0.15, 0.2) is 0 Å². The van der Waals surface area contributed by atoms with Gasteiger partial charge in [-0.05, 0) is 46.1 Å². The molecule has 0 spiro atoms. The van der Waals surface area contributed by atoms with Gasteiger partial charge in [0.05, 0.1) is 11.2 Å². The fourth-order valence-electron chi connectivity index (χ4n) is 2.77. The predicted molar refractivity (Wildman–Crippen MR) is 79.7 cm³/mol. The number of thioether (sulfide) groups is 1. The Kier molecular flexibility index (Phi) is 4.75. The second-order valence-corrected chi connectivity index (χ2v) is 6.69. The molecule has 0 saturated heterocycles. The standard InChI is InChI=1S/C14H23N3O2S/c1-4-16-14(12(15)18)7-5-6-11(8-14)20-13-17-9(2)10(3)19-13/h11,16H,4-8H2,1-3H3,(H2,15,18). The first-order valence-corrected chi connectivity index (χ1v) is 8.00. The first-order valence-electron chi connectivity index (χ1n) is 7.12. The average Bonchev–Trinajstić information content (AvgIpc) is 2.68. The molecular formula is C14H23N3O2S. The van der Waals surface area contributed by atoms with Crippen molar-refractivity contribution in [3.05, 3.63) is 11.5 Å². The molecule has 2 atom stereocenters. The summed E-state index contributed by atoms with van der Waals surface area (Å²) in [5.74, 6) is 0.612. The molecule has 0 aliphatic heterocycles. The van der Waals surface area contributed by atoms with E-state index < -0.39 is 5.54 Å². The number of rotatable bonds is 5. The first-order chi connectivity index (χ1) is 9.47. The second kappa shape index (κ2) is 6.18. The summed E-state index contributed by atoms with van der Waals surface area (Å²) in [6, 6.07) is 0. The number of hydrogen-bond donors (Lipinski definition) is 2. The highest BCUT2D eigenvalue weighted by Crippen LogP contribution is 2.38. The van der Waals surface area contributed by atoms with Gasteiger partial charge in [-0.1, -0.05) is 18.7 Å². The van der Waals surface area contributed by atoms with Crippen molar-refractivity contribution >= 4 is 17.7 Å². The molecule has 2 rings (SSSR count). The van der Waals surface area contributed by atoms with E-state index in [-0.39, 0.29) is 5.91 Å². The maximum Gasteiger partial charge on any atom is 0.256 e. The van der Waals surface area contributed by atoms with Crippen LogP contribution in [0.15, 0.2) is 9.64 Å². The van der Waals surface area contributed by atoms with Gasteiger partial charge in [-0.3, -0.25) is 4.79 Å². The normalized spacial score (nSPS) is 26.6. The lowest BCUT2D eigenvalue weighted by molar-refractivity contribution is -0.125. The molecule has 1 heterocycles. The molecule has 1 aromatic rings. The number of nitrogens with two attached hydrogens (primary N) is 1. The summed E-state index contributed by atoms with van der Waals surface area (Å²) in [6.45, 7) is 6.61. The van der Waals surface area contributed by atoms with Crippen LogP contribution in [-0.2, 0) is 4.79 Å². The first kappa shape index (κ1) is 15.4. The van der Waals surface area contributed by atoms with Crippen molar-refractivity contribution in [3.8, 4) is 0 Å². The Morgan fingerprint density at radius 2 is 2.35 bits per heavy atom. The highest BCUT2D eigenvalue weighted by molar-refractivity contribution is 7.99. The summed E-state index contributed by atoms with van der Waals surface area (Å²) in [4.78, 5) is 16.2. The van der Waals surface area contributed by atoms with Crippen LogP contribution < -0.4 is 11.1 Å². The van der Waals surface area contributed by atoms with E-state index in [0.717, 1.165) is 43.7 Å². The molecule has 1 aliphatic carbocycles. The highest BCUT2D eigenvalue weighted by Gasteiger charge is 2.41. The number of amides is 1. The number of oxazole rings is 1. The zero-order valence-corrected chi connectivity index (χ0v) is 13.2. The molecule has 2 unspecified atom stereocenters. The van der Waals surface area contributed by atoms with Crippen molar-refractivity contribution in [2.75, 3.05) is 6.54 Å². The number of aromatic nitrogens is 1. The van der Waals surface area contributed by atoms with E-state index in [1.165, 1.54) is 0 Å². The molecule has 112 valence electrons. The molecule has 1 fully saturated rings. The van der Waals surface area contributed by atoms with E-state index in [2.05, 4.69) is 10.3 Å². The summed E-state index contributed by atoms with van der Waals surface area (Å²) in [6.07, 6.45) is 3.61. The fourth-order valence-corrected chi connectivity index (χ4v) is 4.07. The highest BCUT2D eigenvalue weighted by atomic mass is 32.2. The van der Waals surface area contributed by atoms with E-state index in [9.17, 15) is 4.79 Å². The van der Waals surface area contributed by atoms with Crippen LogP contribution >= 0.6 is 11.8 Å². The van der Waals surface area contributed by atoms with Crippen LogP contribution in [0.4, 0.5) is 0 Å². The topological polar surface area (TPSA) is 81.1 Å². The minimum atomic E-state index is -0.568. The fraction of sp³-hybridized carbons (Fsp3) is 0.714. The maximum atomic E-state index is 11.8. The molecule has 1 amide bonds. The monoisotopic (exact) mass is 297 g/mol. The van der Waals surface area contributed by atoms with Gasteiger partial charge in [0, 0.05) is 5.25 Å². The lowest BCUT2D eigenvalue weighted by Gasteiger charge is -2.38. The van der Waals surface area contributed by atoms with Gasteiger partial charge < -0.3 is 15.5 Å². The summed E-state index contributed by atoms with van der Waals surface area (Å²) in [7, 11) is 0. The van der Waals surface area contributed by atoms with Crippen molar-refractivity contribution in [2.24, 2.45) is 5.73 Å². The van der Waals surface area contributed by atoms with Gasteiger partial charge in [-0.15, -0.1) is 0 Å². The van der Waals surface area contributed by atoms with Gasteiger partial charge in [0.2, 0.25) is 5.91 Å². The van der Waals surface area contributed by atoms with Gasteiger partial charge in [0.25, 0.3) is 5.22 Å². The Morgan fingerprint density at radius 3 is 2.90 bits per heavy atom. The number of carbonyl (C=O) groups is 1. The van der Waals surface area contributed by atoms with Crippen LogP contribution in [0, 0.1) is 13.8 Å². The molecule has 1 saturated carbocycles. The third-order valence-corrected chi connectivity index (χ3v) is 5.08. The number of primary amides is 1. The smallest absolute Gasteiger partial charge is 0.256 e. The summed E-state index contributed by atoms with van der Waals surface area (Å²) in [5.41, 5.74) is 5.98. The van der Waals surface area contributed by atoms with Gasteiger partial charge in [-0.25, -0.2) is 4.98 Å². The Hall–Kier alpha value is -1.01. The van der Waals surface area contributed by atoms with Crippen molar-refractivity contribution in [3.63, 3.8) is 0 Å². The Labute approximate surface area is 124 Å². The van der Waals surface area contributed by atoms with Gasteiger partial charge in [0.1, 0.15) is 5.76 Å². The van der Waals surface area contributed by atoms with Crippen LogP contribution in [0.1, 0.15) is 44.1 Å². The third kappa shape index (κ3) is 3.17. The van der Waals surface area contributed by atoms with E-state index in [4.69, 9.17) is 10.2 Å². The maximum absolute atomic E-state index is 11.8. The van der Waals surface area contributed by atoms with Crippen molar-refractivity contribution in [1.29, 1.82) is 0 Å². The number of likely N-dealkylation sites (N-methyl/N-ethyl adjacent to an activating group) is 1. The van der Waals surface area contributed by atoms with Crippen LogP contribution in [0.5, 0.6) is 0 Å². The number of carbonyl (C=O) groups excluding carboxylic acids is 1. The molecule has 0 radical (unpaired) electrons. The minimum Gasteiger partial charge on any atom is -0.437 e. The number of nitrogens with zero attached hydrogens (tertiary/aromatic N) is 1. The molecule has 0 aromatic carbocycles. The lowest BCUT2D eigenvalue weighted by atomic mass is 9.80. The zero-order valence-electron chi connectivity index (χ0n) is 12.4. The van der Waals surface area contributed by atoms with Crippen molar-refractivity contribution in [2.45, 2.75) is 62.5 Å². The largest absolute Gasteiger partial charge is 0.437 e. The van der Waals surface area contributed by atoms with E-state index >= 15 is 0 Å². The van der Waals surface area contributed by atoms with E-state index in [1.807, 2.05) is 20.8 Å². The molecular weight excluding hydrogens is 274 g/mol. The summed E-state index contributed by atoms with van der Waals surface area (Å²) in [5, 5.41) is 4.30. The predicted octanol–water partition coefficient (Wildman–Crippen LogP) is 2.16. The van der Waals surface area contributed by atoms with Crippen molar-refractivity contribution < 1.29 is 9.21 Å². The number of hydrogen-bond acceptors (Lipinski definition) is 5. The SMILES string of the molecule is CCNC1(C(N)=O)CCCC(Sc2nc(C)c(C)o2)C1. The Morgan fingerprint density at radius 1 is 1.60 bits per heavy atom. The van der Waals surface area contributed by atoms with Gasteiger partial charge >= 0.3 is 0 Å². The molecule has 5 nitrogen and oxygen atoms in total. The number of nitrogens with one attached hydrogen (secondary N) is 1. The quantitative estimate of drug-likeness (QED) is 0.870. The number of aryl methyl sites for hydroxylation is 2. The van der Waals surface area contributed by atoms with Crippen LogP contribution in [0.3, 0.4) is 0 Å². The molecule has 6 heteroatoms. The summed E-state index contributed by atoms with van der Waals surface area (Å²) >= 11 is 1.62. The molecule has 20 heavy (non-hydrogen) atoms. The van der Waals surface area contributed by atoms with Crippen LogP contribution in [0.25, 0.3) is 0 Å². The van der Waals surface area contributed by atoms with Crippen LogP contribution in [0.2, 0.25) is 0 Å². The molecule has 1 aliphatic rings. The van der Waals surface area contributed by atoms with Crippen LogP contribution in [-0.4, -0.2) is 28.2 Å². The second-order valence-electron chi connectivity index (χ2n) is 5.43. The molecule has 3 N–H and O–H groups in total.